The van der Waals surface area contributed by atoms with Gasteiger partial charge in [0, 0.05) is 21.5 Å². The Morgan fingerprint density at radius 2 is 1.51 bits per heavy atom. The van der Waals surface area contributed by atoms with E-state index in [1.54, 1.807) is 31.4 Å². The Morgan fingerprint density at radius 3 is 2.23 bits per heavy atom. The first-order valence-corrected chi connectivity index (χ1v) is 15.0. The lowest BCUT2D eigenvalue weighted by atomic mass is 10.1. The Kier molecular flexibility index (Phi) is 9.60. The highest BCUT2D eigenvalue weighted by atomic mass is 32.2. The highest BCUT2D eigenvalue weighted by molar-refractivity contribution is 8.00. The van der Waals surface area contributed by atoms with Gasteiger partial charge in [0.15, 0.2) is 5.13 Å². The van der Waals surface area contributed by atoms with E-state index in [-0.39, 0.29) is 11.8 Å². The summed E-state index contributed by atoms with van der Waals surface area (Å²) in [5.41, 5.74) is 3.34. The van der Waals surface area contributed by atoms with E-state index in [1.165, 1.54) is 37.3 Å². The molecule has 43 heavy (non-hydrogen) atoms. The molecule has 5 aromatic rings. The molecule has 0 spiro atoms. The van der Waals surface area contributed by atoms with Gasteiger partial charge in [0.1, 0.15) is 28.1 Å². The second kappa shape index (κ2) is 13.9. The smallest absolute Gasteiger partial charge is 0.263 e. The van der Waals surface area contributed by atoms with Crippen LogP contribution in [0.1, 0.15) is 21.2 Å². The van der Waals surface area contributed by atoms with Crippen molar-refractivity contribution in [2.24, 2.45) is 0 Å². The summed E-state index contributed by atoms with van der Waals surface area (Å²) in [6, 6.07) is 29.7. The van der Waals surface area contributed by atoms with Crippen molar-refractivity contribution in [3.8, 4) is 28.5 Å². The van der Waals surface area contributed by atoms with Gasteiger partial charge in [0.25, 0.3) is 5.91 Å². The highest BCUT2D eigenvalue weighted by Gasteiger charge is 2.24. The number of thioether (sulfide) groups is 1. The van der Waals surface area contributed by atoms with Gasteiger partial charge in [-0.25, -0.2) is 4.98 Å². The summed E-state index contributed by atoms with van der Waals surface area (Å²) in [5, 5.41) is 7.74. The molecule has 1 heterocycles. The van der Waals surface area contributed by atoms with E-state index in [9.17, 15) is 9.59 Å². The number of amides is 2. The Balaban J connectivity index is 1.35. The summed E-state index contributed by atoms with van der Waals surface area (Å²) in [4.78, 5) is 32.3. The summed E-state index contributed by atoms with van der Waals surface area (Å²) in [5.74, 6) is 0.956. The first-order valence-electron chi connectivity index (χ1n) is 13.2. The molecule has 0 aliphatic heterocycles. The molecule has 0 aliphatic carbocycles. The standard InChI is InChI=1S/C33H29N3O5S2/c1-39-24-14-7-12-22(18-24)26-20-42-33(35-26)36-32(38)30(21-10-5-4-6-11-21)43-25-15-8-13-23(19-25)34-31(37)29-27(40-2)16-9-17-28(29)41-3/h4-20,30H,1-3H3,(H,34,37)(H,35,36,38). The number of rotatable bonds is 11. The molecule has 0 saturated carbocycles. The van der Waals surface area contributed by atoms with Crippen molar-refractivity contribution in [2.45, 2.75) is 10.1 Å². The SMILES string of the molecule is COc1cccc(-c2csc(NC(=O)C(Sc3cccc(NC(=O)c4c(OC)cccc4OC)c3)c3ccccc3)n2)c1. The average Bonchev–Trinajstić information content (AvgIpc) is 3.52. The van der Waals surface area contributed by atoms with Crippen LogP contribution in [0.4, 0.5) is 10.8 Å². The van der Waals surface area contributed by atoms with Crippen LogP contribution in [0.5, 0.6) is 17.2 Å². The highest BCUT2D eigenvalue weighted by Crippen LogP contribution is 2.38. The molecule has 0 fully saturated rings. The second-order valence-electron chi connectivity index (χ2n) is 9.19. The Morgan fingerprint density at radius 1 is 0.791 bits per heavy atom. The zero-order chi connectivity index (χ0) is 30.2. The fourth-order valence-corrected chi connectivity index (χ4v) is 6.18. The van der Waals surface area contributed by atoms with Crippen molar-refractivity contribution in [2.75, 3.05) is 32.0 Å². The van der Waals surface area contributed by atoms with Crippen LogP contribution in [0.2, 0.25) is 0 Å². The second-order valence-corrected chi connectivity index (χ2v) is 11.2. The van der Waals surface area contributed by atoms with Crippen molar-refractivity contribution in [3.05, 3.63) is 114 Å². The number of anilines is 2. The van der Waals surface area contributed by atoms with E-state index in [0.29, 0.717) is 27.9 Å². The lowest BCUT2D eigenvalue weighted by Crippen LogP contribution is -2.19. The molecule has 1 atom stereocenters. The Bertz CT molecular complexity index is 1700. The van der Waals surface area contributed by atoms with Gasteiger partial charge in [-0.05, 0) is 48.0 Å². The van der Waals surface area contributed by atoms with Crippen molar-refractivity contribution in [1.29, 1.82) is 0 Å². The Labute approximate surface area is 258 Å². The van der Waals surface area contributed by atoms with E-state index >= 15 is 0 Å². The number of nitrogens with one attached hydrogen (secondary N) is 2. The first-order chi connectivity index (χ1) is 21.0. The predicted octanol–water partition coefficient (Wildman–Crippen LogP) is 7.56. The topological polar surface area (TPSA) is 98.8 Å². The number of carbonyl (C=O) groups excluding carboxylic acids is 2. The molecule has 218 valence electrons. The molecule has 2 amide bonds. The predicted molar refractivity (Wildman–Crippen MR) is 172 cm³/mol. The number of carbonyl (C=O) groups is 2. The molecule has 5 rings (SSSR count). The molecule has 8 nitrogen and oxygen atoms in total. The minimum Gasteiger partial charge on any atom is -0.497 e. The number of hydrogen-bond donors (Lipinski definition) is 2. The van der Waals surface area contributed by atoms with Crippen LogP contribution in [0.3, 0.4) is 0 Å². The zero-order valence-electron chi connectivity index (χ0n) is 23.7. The van der Waals surface area contributed by atoms with Crippen molar-refractivity contribution in [3.63, 3.8) is 0 Å². The maximum Gasteiger partial charge on any atom is 0.263 e. The van der Waals surface area contributed by atoms with Crippen molar-refractivity contribution >= 4 is 45.7 Å². The maximum absolute atomic E-state index is 13.7. The average molecular weight is 612 g/mol. The summed E-state index contributed by atoms with van der Waals surface area (Å²) >= 11 is 2.73. The van der Waals surface area contributed by atoms with Gasteiger partial charge >= 0.3 is 0 Å². The molecule has 4 aromatic carbocycles. The number of aromatic nitrogens is 1. The van der Waals surface area contributed by atoms with Crippen LogP contribution in [0, 0.1) is 0 Å². The van der Waals surface area contributed by atoms with Gasteiger partial charge in [-0.15, -0.1) is 23.1 Å². The van der Waals surface area contributed by atoms with Gasteiger partial charge in [-0.2, -0.15) is 0 Å². The molecule has 0 radical (unpaired) electrons. The van der Waals surface area contributed by atoms with E-state index in [4.69, 9.17) is 14.2 Å². The van der Waals surface area contributed by atoms with E-state index in [1.807, 2.05) is 78.2 Å². The van der Waals surface area contributed by atoms with Crippen LogP contribution < -0.4 is 24.8 Å². The van der Waals surface area contributed by atoms with Gasteiger partial charge in [0.05, 0.1) is 27.0 Å². The molecule has 0 saturated heterocycles. The summed E-state index contributed by atoms with van der Waals surface area (Å²) in [6.45, 7) is 0. The molecule has 2 N–H and O–H groups in total. The van der Waals surface area contributed by atoms with E-state index < -0.39 is 5.25 Å². The molecular formula is C33H29N3O5S2. The Hall–Kier alpha value is -4.80. The minimum absolute atomic E-state index is 0.212. The van der Waals surface area contributed by atoms with Crippen LogP contribution in [0.15, 0.2) is 107 Å². The number of hydrogen-bond acceptors (Lipinski definition) is 8. The number of thiazole rings is 1. The van der Waals surface area contributed by atoms with Crippen molar-refractivity contribution < 1.29 is 23.8 Å². The number of ether oxygens (including phenoxy) is 3. The molecule has 0 bridgehead atoms. The van der Waals surface area contributed by atoms with E-state index in [0.717, 1.165) is 27.5 Å². The largest absolute Gasteiger partial charge is 0.497 e. The van der Waals surface area contributed by atoms with Gasteiger partial charge in [-0.1, -0.05) is 54.6 Å². The zero-order valence-corrected chi connectivity index (χ0v) is 25.3. The van der Waals surface area contributed by atoms with Crippen molar-refractivity contribution in [1.82, 2.24) is 4.98 Å². The lowest BCUT2D eigenvalue weighted by Gasteiger charge is -2.17. The van der Waals surface area contributed by atoms with E-state index in [2.05, 4.69) is 15.6 Å². The molecule has 1 unspecified atom stereocenters. The van der Waals surface area contributed by atoms with Gasteiger partial charge < -0.3 is 24.8 Å². The molecule has 10 heteroatoms. The maximum atomic E-state index is 13.7. The van der Waals surface area contributed by atoms with Gasteiger partial charge in [0.2, 0.25) is 5.91 Å². The number of methoxy groups -OCH3 is 3. The normalized spacial score (nSPS) is 11.3. The molecule has 1 aromatic heterocycles. The third kappa shape index (κ3) is 7.17. The van der Waals surface area contributed by atoms with Gasteiger partial charge in [-0.3, -0.25) is 9.59 Å². The third-order valence-corrected chi connectivity index (χ3v) is 8.45. The quantitative estimate of drug-likeness (QED) is 0.149. The summed E-state index contributed by atoms with van der Waals surface area (Å²) in [7, 11) is 4.63. The minimum atomic E-state index is -0.578. The lowest BCUT2D eigenvalue weighted by molar-refractivity contribution is -0.115. The summed E-state index contributed by atoms with van der Waals surface area (Å²) < 4.78 is 16.1. The fourth-order valence-electron chi connectivity index (χ4n) is 4.37. The molecule has 0 aliphatic rings. The number of nitrogens with zero attached hydrogens (tertiary/aromatic N) is 1. The first kappa shape index (κ1) is 29.7. The van der Waals surface area contributed by atoms with Crippen LogP contribution in [-0.4, -0.2) is 38.1 Å². The van der Waals surface area contributed by atoms with Crippen LogP contribution in [0.25, 0.3) is 11.3 Å². The van der Waals surface area contributed by atoms with Crippen LogP contribution in [-0.2, 0) is 4.79 Å². The third-order valence-electron chi connectivity index (χ3n) is 6.44. The number of benzene rings is 4. The molecular weight excluding hydrogens is 583 g/mol. The van der Waals surface area contributed by atoms with Crippen LogP contribution >= 0.6 is 23.1 Å². The monoisotopic (exact) mass is 611 g/mol. The summed E-state index contributed by atoms with van der Waals surface area (Å²) in [6.07, 6.45) is 0. The fraction of sp³-hybridized carbons (Fsp3) is 0.121.